The molecule has 1 heterocycles. The maximum Gasteiger partial charge on any atom is 0.124 e. The maximum absolute atomic E-state index is 9.59. The molecule has 0 aromatic carbocycles. The Labute approximate surface area is 103 Å². The summed E-state index contributed by atoms with van der Waals surface area (Å²) in [5, 5.41) is 12.6. The molecule has 0 fully saturated rings. The largest absolute Gasteiger partial charge is 0.377 e. The van der Waals surface area contributed by atoms with Crippen molar-refractivity contribution in [3.8, 4) is 0 Å². The summed E-state index contributed by atoms with van der Waals surface area (Å²) in [4.78, 5) is 10.5. The van der Waals surface area contributed by atoms with E-state index in [1.807, 2.05) is 38.7 Å². The third-order valence-electron chi connectivity index (χ3n) is 2.44. The van der Waals surface area contributed by atoms with Crippen LogP contribution in [0.2, 0.25) is 0 Å². The first-order valence-electron chi connectivity index (χ1n) is 5.93. The Morgan fingerprint density at radius 2 is 2.35 bits per heavy atom. The molecule has 0 bridgehead atoms. The number of aliphatic hydroxyl groups excluding tert-OH is 1. The number of aliphatic imine (C=N–C) groups is 2. The number of hydrogen-bond donors (Lipinski definition) is 2. The van der Waals surface area contributed by atoms with Crippen LogP contribution in [0.5, 0.6) is 0 Å². The molecule has 0 amide bonds. The van der Waals surface area contributed by atoms with Crippen LogP contribution < -0.4 is 5.32 Å². The molecule has 0 saturated heterocycles. The van der Waals surface area contributed by atoms with Crippen molar-refractivity contribution in [1.82, 2.24) is 10.2 Å². The van der Waals surface area contributed by atoms with E-state index in [2.05, 4.69) is 15.3 Å². The number of allylic oxidation sites excluding steroid dienone is 2. The van der Waals surface area contributed by atoms with Gasteiger partial charge in [0.15, 0.2) is 0 Å². The summed E-state index contributed by atoms with van der Waals surface area (Å²) in [5.74, 6) is 0. The smallest absolute Gasteiger partial charge is 0.124 e. The minimum atomic E-state index is -0.598. The summed E-state index contributed by atoms with van der Waals surface area (Å²) < 4.78 is 0. The molecule has 5 heteroatoms. The van der Waals surface area contributed by atoms with Crippen LogP contribution in [0.25, 0.3) is 0 Å². The van der Waals surface area contributed by atoms with Crippen molar-refractivity contribution in [3.63, 3.8) is 0 Å². The van der Waals surface area contributed by atoms with Gasteiger partial charge in [0.1, 0.15) is 12.4 Å². The lowest BCUT2D eigenvalue weighted by atomic mass is 10.3. The molecule has 0 aromatic heterocycles. The van der Waals surface area contributed by atoms with Crippen LogP contribution in [0, 0.1) is 0 Å². The lowest BCUT2D eigenvalue weighted by Crippen LogP contribution is -2.37. The highest BCUT2D eigenvalue weighted by Crippen LogP contribution is 2.10. The number of rotatable bonds is 5. The van der Waals surface area contributed by atoms with Crippen molar-refractivity contribution >= 4 is 12.6 Å². The number of nitrogens with zero attached hydrogens (tertiary/aromatic N) is 3. The van der Waals surface area contributed by atoms with Crippen molar-refractivity contribution in [2.24, 2.45) is 9.98 Å². The van der Waals surface area contributed by atoms with Gasteiger partial charge in [-0.15, -0.1) is 0 Å². The summed E-state index contributed by atoms with van der Waals surface area (Å²) in [6.45, 7) is 8.33. The molecule has 0 aromatic rings. The van der Waals surface area contributed by atoms with E-state index in [0.717, 1.165) is 5.70 Å². The minimum absolute atomic E-state index is 0.0685. The minimum Gasteiger partial charge on any atom is -0.377 e. The Morgan fingerprint density at radius 3 is 2.94 bits per heavy atom. The summed E-state index contributed by atoms with van der Waals surface area (Å²) >= 11 is 0. The fraction of sp³-hybridized carbons (Fsp3) is 0.667. The van der Waals surface area contributed by atoms with Crippen LogP contribution in [0.1, 0.15) is 27.7 Å². The summed E-state index contributed by atoms with van der Waals surface area (Å²) in [6.07, 6.45) is 4.95. The van der Waals surface area contributed by atoms with E-state index in [-0.39, 0.29) is 12.2 Å². The summed E-state index contributed by atoms with van der Waals surface area (Å²) in [7, 11) is 0. The SMILES string of the molecule is CC1=CC=NC(C)N1C=NCC(O)NC(C)C. The Bertz CT molecular complexity index is 322. The highest BCUT2D eigenvalue weighted by atomic mass is 16.3. The molecule has 1 aliphatic heterocycles. The molecule has 0 radical (unpaired) electrons. The highest BCUT2D eigenvalue weighted by molar-refractivity contribution is 5.75. The molecule has 96 valence electrons. The van der Waals surface area contributed by atoms with Crippen molar-refractivity contribution < 1.29 is 5.11 Å². The van der Waals surface area contributed by atoms with Crippen LogP contribution in [0.15, 0.2) is 21.8 Å². The third-order valence-corrected chi connectivity index (χ3v) is 2.44. The first-order chi connectivity index (χ1) is 8.00. The van der Waals surface area contributed by atoms with Gasteiger partial charge >= 0.3 is 0 Å². The van der Waals surface area contributed by atoms with Crippen molar-refractivity contribution in [1.29, 1.82) is 0 Å². The van der Waals surface area contributed by atoms with Gasteiger partial charge in [-0.3, -0.25) is 15.3 Å². The molecule has 0 saturated carbocycles. The van der Waals surface area contributed by atoms with Crippen LogP contribution in [-0.4, -0.2) is 47.5 Å². The highest BCUT2D eigenvalue weighted by Gasteiger charge is 2.12. The predicted molar refractivity (Wildman–Crippen MR) is 71.2 cm³/mol. The Kier molecular flexibility index (Phi) is 5.31. The van der Waals surface area contributed by atoms with Gasteiger partial charge in [0, 0.05) is 18.0 Å². The zero-order chi connectivity index (χ0) is 12.8. The Balaban J connectivity index is 2.43. The standard InChI is InChI=1S/C12H22N4O/c1-9(2)15-12(17)7-13-8-16-10(3)5-6-14-11(16)4/h5-6,8-9,11-12,15,17H,7H2,1-4H3. The van der Waals surface area contributed by atoms with E-state index in [9.17, 15) is 5.11 Å². The molecule has 17 heavy (non-hydrogen) atoms. The quantitative estimate of drug-likeness (QED) is 0.426. The third kappa shape index (κ3) is 4.66. The first-order valence-corrected chi connectivity index (χ1v) is 5.93. The van der Waals surface area contributed by atoms with Crippen molar-refractivity contribution in [2.45, 2.75) is 46.1 Å². The molecular weight excluding hydrogens is 216 g/mol. The maximum atomic E-state index is 9.59. The molecule has 1 aliphatic rings. The number of nitrogens with one attached hydrogen (secondary N) is 1. The Morgan fingerprint density at radius 1 is 1.65 bits per heavy atom. The summed E-state index contributed by atoms with van der Waals surface area (Å²) in [5.41, 5.74) is 1.10. The molecule has 2 atom stereocenters. The van der Waals surface area contributed by atoms with E-state index >= 15 is 0 Å². The summed E-state index contributed by atoms with van der Waals surface area (Å²) in [6, 6.07) is 0.250. The number of hydrogen-bond acceptors (Lipinski definition) is 4. The van der Waals surface area contributed by atoms with Gasteiger partial charge in [-0.1, -0.05) is 0 Å². The van der Waals surface area contributed by atoms with E-state index in [0.29, 0.717) is 6.54 Å². The monoisotopic (exact) mass is 238 g/mol. The van der Waals surface area contributed by atoms with Gasteiger partial charge in [-0.25, -0.2) is 0 Å². The second kappa shape index (κ2) is 6.51. The van der Waals surface area contributed by atoms with E-state index in [1.165, 1.54) is 0 Å². The van der Waals surface area contributed by atoms with Gasteiger partial charge in [-0.2, -0.15) is 0 Å². The first kappa shape index (κ1) is 13.9. The van der Waals surface area contributed by atoms with Crippen LogP contribution >= 0.6 is 0 Å². The van der Waals surface area contributed by atoms with Gasteiger partial charge < -0.3 is 10.0 Å². The Hall–Kier alpha value is -1.20. The van der Waals surface area contributed by atoms with Crippen LogP contribution in [-0.2, 0) is 0 Å². The molecular formula is C12H22N4O. The normalized spacial score (nSPS) is 22.4. The zero-order valence-corrected chi connectivity index (χ0v) is 11.0. The van der Waals surface area contributed by atoms with Crippen LogP contribution in [0.4, 0.5) is 0 Å². The molecule has 5 nitrogen and oxygen atoms in total. The predicted octanol–water partition coefficient (Wildman–Crippen LogP) is 0.967. The second-order valence-corrected chi connectivity index (χ2v) is 4.46. The molecule has 2 unspecified atom stereocenters. The van der Waals surface area contributed by atoms with E-state index < -0.39 is 6.23 Å². The average molecular weight is 238 g/mol. The topological polar surface area (TPSA) is 60.2 Å². The fourth-order valence-corrected chi connectivity index (χ4v) is 1.59. The second-order valence-electron chi connectivity index (χ2n) is 4.46. The van der Waals surface area contributed by atoms with Gasteiger partial charge in [0.05, 0.1) is 12.9 Å². The van der Waals surface area contributed by atoms with Gasteiger partial charge in [0.2, 0.25) is 0 Å². The lowest BCUT2D eigenvalue weighted by Gasteiger charge is -2.27. The molecule has 0 spiro atoms. The average Bonchev–Trinajstić information content (AvgIpc) is 2.21. The fourth-order valence-electron chi connectivity index (χ4n) is 1.59. The number of aliphatic hydroxyl groups is 1. The van der Waals surface area contributed by atoms with Crippen LogP contribution in [0.3, 0.4) is 0 Å². The van der Waals surface area contributed by atoms with Gasteiger partial charge in [-0.05, 0) is 33.8 Å². The lowest BCUT2D eigenvalue weighted by molar-refractivity contribution is 0.136. The molecule has 0 aliphatic carbocycles. The van der Waals surface area contributed by atoms with E-state index in [4.69, 9.17) is 0 Å². The van der Waals surface area contributed by atoms with Gasteiger partial charge in [0.25, 0.3) is 0 Å². The molecule has 2 N–H and O–H groups in total. The van der Waals surface area contributed by atoms with E-state index in [1.54, 1.807) is 12.6 Å². The van der Waals surface area contributed by atoms with Crippen molar-refractivity contribution in [3.05, 3.63) is 11.8 Å². The zero-order valence-electron chi connectivity index (χ0n) is 11.0. The van der Waals surface area contributed by atoms with Crippen molar-refractivity contribution in [2.75, 3.05) is 6.54 Å². The molecule has 1 rings (SSSR count).